The first-order valence-corrected chi connectivity index (χ1v) is 10.0. The van der Waals surface area contributed by atoms with Gasteiger partial charge in [0.05, 0.1) is 30.9 Å². The van der Waals surface area contributed by atoms with E-state index >= 15 is 0 Å². The summed E-state index contributed by atoms with van der Waals surface area (Å²) in [5, 5.41) is 19.2. The van der Waals surface area contributed by atoms with Gasteiger partial charge in [-0.1, -0.05) is 60.7 Å². The van der Waals surface area contributed by atoms with E-state index in [9.17, 15) is 9.90 Å². The van der Waals surface area contributed by atoms with Gasteiger partial charge in [0.1, 0.15) is 11.9 Å². The molecule has 1 amide bonds. The van der Waals surface area contributed by atoms with Gasteiger partial charge >= 0.3 is 0 Å². The second-order valence-electron chi connectivity index (χ2n) is 7.64. The summed E-state index contributed by atoms with van der Waals surface area (Å²) >= 11 is 0. The summed E-state index contributed by atoms with van der Waals surface area (Å²) < 4.78 is 5.47. The third kappa shape index (κ3) is 3.83. The predicted molar refractivity (Wildman–Crippen MR) is 113 cm³/mol. The molecule has 1 fully saturated rings. The van der Waals surface area contributed by atoms with Crippen molar-refractivity contribution in [3.8, 4) is 11.3 Å². The molecule has 0 radical (unpaired) electrons. The van der Waals surface area contributed by atoms with Crippen LogP contribution >= 0.6 is 0 Å². The topological polar surface area (TPSA) is 92.3 Å². The lowest BCUT2D eigenvalue weighted by molar-refractivity contribution is -0.0865. The molecule has 1 saturated heterocycles. The molecule has 2 aromatic carbocycles. The zero-order valence-corrected chi connectivity index (χ0v) is 16.7. The fourth-order valence-corrected chi connectivity index (χ4v) is 3.68. The molecule has 1 N–H and O–H groups in total. The molecule has 4 aromatic rings. The molecule has 0 bridgehead atoms. The lowest BCUT2D eigenvalue weighted by Gasteiger charge is -2.46. The van der Waals surface area contributed by atoms with Crippen LogP contribution in [0.4, 0.5) is 0 Å². The Bertz CT molecular complexity index is 1180. The van der Waals surface area contributed by atoms with Crippen molar-refractivity contribution in [1.29, 1.82) is 0 Å². The van der Waals surface area contributed by atoms with E-state index in [4.69, 9.17) is 4.42 Å². The summed E-state index contributed by atoms with van der Waals surface area (Å²) in [6, 6.07) is 22.9. The van der Waals surface area contributed by atoms with Crippen LogP contribution in [-0.2, 0) is 12.0 Å². The molecule has 0 aliphatic carbocycles. The highest BCUT2D eigenvalue weighted by Crippen LogP contribution is 2.32. The van der Waals surface area contributed by atoms with Crippen LogP contribution in [0.2, 0.25) is 0 Å². The van der Waals surface area contributed by atoms with E-state index < -0.39 is 5.60 Å². The number of carbonyl (C=O) groups is 1. The fourth-order valence-electron chi connectivity index (χ4n) is 3.68. The number of aliphatic hydroxyl groups is 1. The zero-order valence-electron chi connectivity index (χ0n) is 16.7. The Hall–Kier alpha value is -3.84. The summed E-state index contributed by atoms with van der Waals surface area (Å²) in [7, 11) is 0. The van der Waals surface area contributed by atoms with E-state index in [1.165, 1.54) is 6.26 Å². The number of oxazole rings is 1. The smallest absolute Gasteiger partial charge is 0.276 e. The van der Waals surface area contributed by atoms with E-state index in [1.54, 1.807) is 4.90 Å². The van der Waals surface area contributed by atoms with Gasteiger partial charge < -0.3 is 14.4 Å². The Balaban J connectivity index is 1.22. The minimum absolute atomic E-state index is 0.221. The molecule has 3 heterocycles. The number of β-amino-alcohol motifs (C(OH)–C–C–N with tert-alkyl or cyclic N) is 1. The van der Waals surface area contributed by atoms with Crippen molar-refractivity contribution in [1.82, 2.24) is 20.1 Å². The maximum Gasteiger partial charge on any atom is 0.276 e. The number of nitrogens with zero attached hydrogens (tertiary/aromatic N) is 4. The summed E-state index contributed by atoms with van der Waals surface area (Å²) in [4.78, 5) is 18.5. The molecule has 1 aliphatic heterocycles. The SMILES string of the molecule is O=C(c1coc(Cc2ccc(-c3ccccc3)nn2)n1)N1CC(O)(c2ccccc2)C1. The van der Waals surface area contributed by atoms with Gasteiger partial charge in [0.2, 0.25) is 5.89 Å². The van der Waals surface area contributed by atoms with E-state index in [2.05, 4.69) is 15.2 Å². The van der Waals surface area contributed by atoms with Gasteiger partial charge in [0, 0.05) is 5.56 Å². The summed E-state index contributed by atoms with van der Waals surface area (Å²) in [6.07, 6.45) is 1.69. The Kier molecular flexibility index (Phi) is 4.80. The van der Waals surface area contributed by atoms with Gasteiger partial charge in [0.15, 0.2) is 5.69 Å². The molecule has 7 heteroatoms. The lowest BCUT2D eigenvalue weighted by Crippen LogP contribution is -2.61. The van der Waals surface area contributed by atoms with E-state index in [0.29, 0.717) is 18.0 Å². The van der Waals surface area contributed by atoms with Gasteiger partial charge in [-0.25, -0.2) is 4.98 Å². The van der Waals surface area contributed by atoms with Crippen LogP contribution in [0.1, 0.15) is 27.6 Å². The van der Waals surface area contributed by atoms with E-state index in [-0.39, 0.29) is 24.7 Å². The second-order valence-corrected chi connectivity index (χ2v) is 7.64. The number of carbonyl (C=O) groups excluding carboxylic acids is 1. The number of amides is 1. The Morgan fingerprint density at radius 3 is 2.35 bits per heavy atom. The Morgan fingerprint density at radius 2 is 1.68 bits per heavy atom. The zero-order chi connectivity index (χ0) is 21.3. The molecular formula is C24H20N4O3. The molecule has 31 heavy (non-hydrogen) atoms. The van der Waals surface area contributed by atoms with Crippen LogP contribution in [0.3, 0.4) is 0 Å². The first-order chi connectivity index (χ1) is 15.1. The highest BCUT2D eigenvalue weighted by Gasteiger charge is 2.45. The molecule has 0 spiro atoms. The maximum atomic E-state index is 12.7. The monoisotopic (exact) mass is 412 g/mol. The van der Waals surface area contributed by atoms with E-state index in [0.717, 1.165) is 16.8 Å². The van der Waals surface area contributed by atoms with Crippen molar-refractivity contribution >= 4 is 5.91 Å². The predicted octanol–water partition coefficient (Wildman–Crippen LogP) is 3.07. The van der Waals surface area contributed by atoms with Crippen LogP contribution in [0.5, 0.6) is 0 Å². The first-order valence-electron chi connectivity index (χ1n) is 10.0. The largest absolute Gasteiger partial charge is 0.448 e. The van der Waals surface area contributed by atoms with Crippen molar-refractivity contribution in [3.63, 3.8) is 0 Å². The van der Waals surface area contributed by atoms with Gasteiger partial charge in [-0.15, -0.1) is 0 Å². The standard InChI is InChI=1S/C24H20N4O3/c29-23(28-15-24(30,16-28)18-9-5-2-6-10-18)21-14-31-22(25-21)13-19-11-12-20(27-26-19)17-7-3-1-4-8-17/h1-12,14,30H,13,15-16H2. The molecule has 5 rings (SSSR count). The van der Waals surface area contributed by atoms with Gasteiger partial charge in [-0.05, 0) is 17.7 Å². The van der Waals surface area contributed by atoms with Crippen LogP contribution in [0.25, 0.3) is 11.3 Å². The number of rotatable bonds is 5. The van der Waals surface area contributed by atoms with Crippen molar-refractivity contribution in [2.45, 2.75) is 12.0 Å². The molecule has 7 nitrogen and oxygen atoms in total. The Morgan fingerprint density at radius 1 is 0.968 bits per heavy atom. The summed E-state index contributed by atoms with van der Waals surface area (Å²) in [5.41, 5.74) is 2.49. The second kappa shape index (κ2) is 7.77. The minimum atomic E-state index is -1.01. The molecule has 0 atom stereocenters. The highest BCUT2D eigenvalue weighted by atomic mass is 16.3. The maximum absolute atomic E-state index is 12.7. The molecule has 2 aromatic heterocycles. The van der Waals surface area contributed by atoms with Gasteiger partial charge in [-0.2, -0.15) is 10.2 Å². The van der Waals surface area contributed by atoms with Crippen LogP contribution in [-0.4, -0.2) is 44.2 Å². The van der Waals surface area contributed by atoms with Crippen molar-refractivity contribution in [2.75, 3.05) is 13.1 Å². The van der Waals surface area contributed by atoms with Crippen molar-refractivity contribution in [3.05, 3.63) is 102 Å². The Labute approximate surface area is 179 Å². The molecule has 1 aliphatic rings. The average molecular weight is 412 g/mol. The number of aromatic nitrogens is 3. The lowest BCUT2D eigenvalue weighted by atomic mass is 9.86. The average Bonchev–Trinajstić information content (AvgIpc) is 3.27. The van der Waals surface area contributed by atoms with E-state index in [1.807, 2.05) is 72.8 Å². The summed E-state index contributed by atoms with van der Waals surface area (Å²) in [5.74, 6) is 0.130. The van der Waals surface area contributed by atoms with Gasteiger partial charge in [-0.3, -0.25) is 4.79 Å². The third-order valence-electron chi connectivity index (χ3n) is 5.40. The van der Waals surface area contributed by atoms with Gasteiger partial charge in [0.25, 0.3) is 5.91 Å². The summed E-state index contributed by atoms with van der Waals surface area (Å²) in [6.45, 7) is 0.453. The fraction of sp³-hybridized carbons (Fsp3) is 0.167. The molecule has 0 unspecified atom stereocenters. The number of likely N-dealkylation sites (tertiary alicyclic amines) is 1. The van der Waals surface area contributed by atoms with Crippen LogP contribution in [0.15, 0.2) is 83.5 Å². The van der Waals surface area contributed by atoms with Crippen molar-refractivity contribution in [2.24, 2.45) is 0 Å². The number of benzene rings is 2. The van der Waals surface area contributed by atoms with Crippen LogP contribution in [0, 0.1) is 0 Å². The third-order valence-corrected chi connectivity index (χ3v) is 5.40. The number of hydrogen-bond acceptors (Lipinski definition) is 6. The van der Waals surface area contributed by atoms with Crippen molar-refractivity contribution < 1.29 is 14.3 Å². The van der Waals surface area contributed by atoms with Crippen LogP contribution < -0.4 is 0 Å². The highest BCUT2D eigenvalue weighted by molar-refractivity contribution is 5.92. The number of hydrogen-bond donors (Lipinski definition) is 1. The minimum Gasteiger partial charge on any atom is -0.448 e. The molecular weight excluding hydrogens is 392 g/mol. The first kappa shape index (κ1) is 19.1. The molecule has 0 saturated carbocycles. The normalized spacial score (nSPS) is 14.8. The quantitative estimate of drug-likeness (QED) is 0.542. The molecule has 154 valence electrons.